The van der Waals surface area contributed by atoms with Crippen LogP contribution in [0.1, 0.15) is 12.0 Å². The summed E-state index contributed by atoms with van der Waals surface area (Å²) >= 11 is 12.1. The molecular weight excluding hydrogens is 369 g/mol. The molecule has 0 aliphatic carbocycles. The summed E-state index contributed by atoms with van der Waals surface area (Å²) < 4.78 is 0. The Morgan fingerprint density at radius 1 is 1.12 bits per heavy atom. The van der Waals surface area contributed by atoms with Crippen molar-refractivity contribution in [2.75, 3.05) is 18.0 Å². The van der Waals surface area contributed by atoms with Gasteiger partial charge in [0.25, 0.3) is 5.91 Å². The number of nitrogens with zero attached hydrogens (tertiary/aromatic N) is 3. The number of rotatable bonds is 3. The topological polar surface area (TPSA) is 45.0 Å². The number of carbonyl (C=O) groups is 1. The molecule has 0 bridgehead atoms. The molecule has 4 rings (SSSR count). The number of hydrogen-bond acceptors (Lipinski definition) is 3. The monoisotopic (exact) mass is 383 g/mol. The lowest BCUT2D eigenvalue weighted by molar-refractivity contribution is -0.112. The number of para-hydroxylation sites is 1. The van der Waals surface area contributed by atoms with Gasteiger partial charge < -0.3 is 4.90 Å². The molecule has 4 nitrogen and oxygen atoms in total. The number of fused-ring (bicyclic) bond motifs is 1. The molecular formula is C20H15Cl2N3O. The molecule has 2 aromatic rings. The predicted molar refractivity (Wildman–Crippen MR) is 108 cm³/mol. The van der Waals surface area contributed by atoms with E-state index in [4.69, 9.17) is 23.2 Å². The van der Waals surface area contributed by atoms with E-state index in [2.05, 4.69) is 16.1 Å². The van der Waals surface area contributed by atoms with E-state index in [1.807, 2.05) is 30.5 Å². The smallest absolute Gasteiger partial charge is 0.277 e. The van der Waals surface area contributed by atoms with Crippen LogP contribution >= 0.6 is 23.2 Å². The van der Waals surface area contributed by atoms with Crippen LogP contribution in [-0.4, -0.2) is 30.9 Å². The molecule has 0 atom stereocenters. The predicted octanol–water partition coefficient (Wildman–Crippen LogP) is 4.86. The normalized spacial score (nSPS) is 17.6. The van der Waals surface area contributed by atoms with E-state index in [1.54, 1.807) is 23.1 Å². The second-order valence-corrected chi connectivity index (χ2v) is 6.97. The van der Waals surface area contributed by atoms with Gasteiger partial charge >= 0.3 is 0 Å². The van der Waals surface area contributed by atoms with Gasteiger partial charge in [0.2, 0.25) is 0 Å². The van der Waals surface area contributed by atoms with Crippen LogP contribution in [0, 0.1) is 0 Å². The van der Waals surface area contributed by atoms with Crippen LogP contribution in [-0.2, 0) is 4.79 Å². The van der Waals surface area contributed by atoms with Crippen LogP contribution in [0.15, 0.2) is 64.1 Å². The molecule has 26 heavy (non-hydrogen) atoms. The number of anilines is 1. The van der Waals surface area contributed by atoms with E-state index in [0.717, 1.165) is 29.8 Å². The molecule has 0 aromatic heterocycles. The first kappa shape index (κ1) is 17.0. The number of amides is 1. The van der Waals surface area contributed by atoms with Gasteiger partial charge in [-0.15, -0.1) is 0 Å². The van der Waals surface area contributed by atoms with Crippen LogP contribution in [0.2, 0.25) is 10.0 Å². The van der Waals surface area contributed by atoms with Crippen molar-refractivity contribution < 1.29 is 4.79 Å². The Morgan fingerprint density at radius 3 is 2.62 bits per heavy atom. The zero-order valence-electron chi connectivity index (χ0n) is 13.8. The molecule has 1 amide bonds. The van der Waals surface area contributed by atoms with Gasteiger partial charge in [-0.05, 0) is 36.3 Å². The molecule has 6 heteroatoms. The quantitative estimate of drug-likeness (QED) is 0.745. The van der Waals surface area contributed by atoms with Crippen LogP contribution in [0.3, 0.4) is 0 Å². The SMILES string of the molecule is O=C1C(=Nc2cc(Cl)cc(Cl)c2)c2ccccc2N1CC1=CCCN=C1. The lowest BCUT2D eigenvalue weighted by Gasteiger charge is -2.18. The van der Waals surface area contributed by atoms with Crippen molar-refractivity contribution in [1.29, 1.82) is 0 Å². The Hall–Kier alpha value is -2.43. The van der Waals surface area contributed by atoms with Crippen molar-refractivity contribution in [3.63, 3.8) is 0 Å². The van der Waals surface area contributed by atoms with Gasteiger partial charge in [-0.25, -0.2) is 4.99 Å². The maximum absolute atomic E-state index is 13.1. The van der Waals surface area contributed by atoms with E-state index >= 15 is 0 Å². The summed E-state index contributed by atoms with van der Waals surface area (Å²) in [4.78, 5) is 23.7. The molecule has 130 valence electrons. The molecule has 0 radical (unpaired) electrons. The highest BCUT2D eigenvalue weighted by molar-refractivity contribution is 6.54. The largest absolute Gasteiger partial charge is 0.302 e. The summed E-state index contributed by atoms with van der Waals surface area (Å²) in [6.07, 6.45) is 4.86. The molecule has 0 spiro atoms. The Balaban J connectivity index is 1.74. The number of hydrogen-bond donors (Lipinski definition) is 0. The highest BCUT2D eigenvalue weighted by atomic mass is 35.5. The Kier molecular flexibility index (Phi) is 4.62. The number of carbonyl (C=O) groups excluding carboxylic acids is 1. The Bertz CT molecular complexity index is 959. The highest BCUT2D eigenvalue weighted by Gasteiger charge is 2.34. The molecule has 2 aliphatic heterocycles. The highest BCUT2D eigenvalue weighted by Crippen LogP contribution is 2.32. The van der Waals surface area contributed by atoms with Gasteiger partial charge in [0, 0.05) is 28.4 Å². The van der Waals surface area contributed by atoms with Crippen molar-refractivity contribution >= 4 is 52.4 Å². The third-order valence-corrected chi connectivity index (χ3v) is 4.68. The summed E-state index contributed by atoms with van der Waals surface area (Å²) in [7, 11) is 0. The number of halogens is 2. The van der Waals surface area contributed by atoms with Crippen molar-refractivity contribution in [2.45, 2.75) is 6.42 Å². The van der Waals surface area contributed by atoms with Crippen molar-refractivity contribution in [1.82, 2.24) is 0 Å². The van der Waals surface area contributed by atoms with Crippen molar-refractivity contribution in [3.05, 3.63) is 69.7 Å². The summed E-state index contributed by atoms with van der Waals surface area (Å²) in [5.41, 5.74) is 3.64. The van der Waals surface area contributed by atoms with E-state index in [1.165, 1.54) is 0 Å². The molecule has 2 aliphatic rings. The maximum Gasteiger partial charge on any atom is 0.277 e. The molecule has 2 aromatic carbocycles. The van der Waals surface area contributed by atoms with Crippen molar-refractivity contribution in [3.8, 4) is 0 Å². The fraction of sp³-hybridized carbons (Fsp3) is 0.150. The summed E-state index contributed by atoms with van der Waals surface area (Å²) in [6.45, 7) is 1.28. The average Bonchev–Trinajstić information content (AvgIpc) is 2.88. The lowest BCUT2D eigenvalue weighted by atomic mass is 10.1. The van der Waals surface area contributed by atoms with E-state index in [0.29, 0.717) is 28.0 Å². The van der Waals surface area contributed by atoms with Gasteiger partial charge in [-0.1, -0.05) is 47.5 Å². The third-order valence-electron chi connectivity index (χ3n) is 4.25. The first-order valence-corrected chi connectivity index (χ1v) is 9.02. The maximum atomic E-state index is 13.1. The molecule has 0 saturated carbocycles. The van der Waals surface area contributed by atoms with E-state index < -0.39 is 0 Å². The first-order chi connectivity index (χ1) is 12.6. The third kappa shape index (κ3) is 3.30. The van der Waals surface area contributed by atoms with Gasteiger partial charge in [-0.2, -0.15) is 0 Å². The zero-order chi connectivity index (χ0) is 18.1. The van der Waals surface area contributed by atoms with Crippen LogP contribution in [0.4, 0.5) is 11.4 Å². The second-order valence-electron chi connectivity index (χ2n) is 6.10. The molecule has 2 heterocycles. The van der Waals surface area contributed by atoms with Crippen LogP contribution < -0.4 is 4.90 Å². The fourth-order valence-corrected chi connectivity index (χ4v) is 3.62. The number of dihydropyridines is 1. The first-order valence-electron chi connectivity index (χ1n) is 8.27. The van der Waals surface area contributed by atoms with Gasteiger partial charge in [-0.3, -0.25) is 9.79 Å². The fourth-order valence-electron chi connectivity index (χ4n) is 3.11. The number of aliphatic imine (C=N–C) groups is 2. The zero-order valence-corrected chi connectivity index (χ0v) is 15.3. The Labute approximate surface area is 161 Å². The summed E-state index contributed by atoms with van der Waals surface area (Å²) in [5.74, 6) is -0.137. The molecule has 0 N–H and O–H groups in total. The van der Waals surface area contributed by atoms with Gasteiger partial charge in [0.05, 0.1) is 17.9 Å². The van der Waals surface area contributed by atoms with Crippen LogP contribution in [0.5, 0.6) is 0 Å². The standard InChI is InChI=1S/C20H15Cl2N3O/c21-14-8-15(22)10-16(9-14)24-19-17-5-1-2-6-18(17)25(20(19)26)12-13-4-3-7-23-11-13/h1-2,4-6,8-11H,3,7,12H2. The second kappa shape index (κ2) is 7.06. The molecule has 0 unspecified atom stereocenters. The number of benzene rings is 2. The van der Waals surface area contributed by atoms with Crippen molar-refractivity contribution in [2.24, 2.45) is 9.98 Å². The molecule has 0 fully saturated rings. The lowest BCUT2D eigenvalue weighted by Crippen LogP contribution is -2.32. The minimum Gasteiger partial charge on any atom is -0.302 e. The van der Waals surface area contributed by atoms with Gasteiger partial charge in [0.15, 0.2) is 0 Å². The van der Waals surface area contributed by atoms with Crippen LogP contribution in [0.25, 0.3) is 0 Å². The molecule has 0 saturated heterocycles. The minimum atomic E-state index is -0.137. The van der Waals surface area contributed by atoms with Gasteiger partial charge in [0.1, 0.15) is 5.71 Å². The summed E-state index contributed by atoms with van der Waals surface area (Å²) in [6, 6.07) is 12.7. The Morgan fingerprint density at radius 2 is 1.88 bits per heavy atom. The van der Waals surface area contributed by atoms with E-state index in [9.17, 15) is 4.79 Å². The van der Waals surface area contributed by atoms with E-state index in [-0.39, 0.29) is 5.91 Å². The summed E-state index contributed by atoms with van der Waals surface area (Å²) in [5, 5.41) is 0.965. The average molecular weight is 384 g/mol. The minimum absolute atomic E-state index is 0.137.